The SMILES string of the molecule is C=Cc1cccc(CNC(=O)c2cc(NC(=O)C3CCCN3CC)ccc2C)c1C=C.CC.CC.CC.CCN. The molecule has 0 spiro atoms. The zero-order valence-corrected chi connectivity index (χ0v) is 26.7. The average Bonchev–Trinajstić information content (AvgIpc) is 3.49. The van der Waals surface area contributed by atoms with Gasteiger partial charge < -0.3 is 16.4 Å². The van der Waals surface area contributed by atoms with Crippen LogP contribution in [0.4, 0.5) is 5.69 Å². The third-order valence-corrected chi connectivity index (χ3v) is 5.92. The van der Waals surface area contributed by atoms with Gasteiger partial charge in [0.15, 0.2) is 0 Å². The second-order valence-corrected chi connectivity index (χ2v) is 8.22. The van der Waals surface area contributed by atoms with Gasteiger partial charge in [-0.05, 0) is 73.8 Å². The van der Waals surface area contributed by atoms with Crippen LogP contribution in [0.3, 0.4) is 0 Å². The smallest absolute Gasteiger partial charge is 0.251 e. The number of likely N-dealkylation sites (N-methyl/N-ethyl adjacent to an activating group) is 1. The predicted octanol–water partition coefficient (Wildman–Crippen LogP) is 7.68. The molecule has 0 radical (unpaired) electrons. The van der Waals surface area contributed by atoms with Crippen molar-refractivity contribution in [2.75, 3.05) is 25.0 Å². The lowest BCUT2D eigenvalue weighted by Gasteiger charge is -2.22. The van der Waals surface area contributed by atoms with E-state index in [4.69, 9.17) is 5.73 Å². The first-order valence-corrected chi connectivity index (χ1v) is 14.9. The summed E-state index contributed by atoms with van der Waals surface area (Å²) in [6.45, 7) is 28.5. The molecule has 1 aliphatic heterocycles. The van der Waals surface area contributed by atoms with Crippen LogP contribution in [-0.2, 0) is 11.3 Å². The predicted molar refractivity (Wildman–Crippen MR) is 177 cm³/mol. The van der Waals surface area contributed by atoms with Crippen molar-refractivity contribution >= 4 is 29.7 Å². The molecule has 4 N–H and O–H groups in total. The summed E-state index contributed by atoms with van der Waals surface area (Å²) in [5, 5.41) is 5.98. The number of carbonyl (C=O) groups excluding carboxylic acids is 2. The highest BCUT2D eigenvalue weighted by Crippen LogP contribution is 2.21. The molecule has 0 bridgehead atoms. The molecular formula is C34H56N4O2. The maximum absolute atomic E-state index is 12.9. The number of nitrogens with one attached hydrogen (secondary N) is 2. The van der Waals surface area contributed by atoms with Crippen LogP contribution in [0.5, 0.6) is 0 Å². The second kappa shape index (κ2) is 23.6. The fourth-order valence-corrected chi connectivity index (χ4v) is 4.16. The third kappa shape index (κ3) is 12.3. The van der Waals surface area contributed by atoms with Gasteiger partial charge in [0.05, 0.1) is 6.04 Å². The van der Waals surface area contributed by atoms with E-state index in [9.17, 15) is 9.59 Å². The van der Waals surface area contributed by atoms with Gasteiger partial charge >= 0.3 is 0 Å². The molecule has 1 aliphatic rings. The van der Waals surface area contributed by atoms with Crippen molar-refractivity contribution < 1.29 is 9.59 Å². The van der Waals surface area contributed by atoms with Gasteiger partial charge in [-0.2, -0.15) is 0 Å². The highest BCUT2D eigenvalue weighted by molar-refractivity contribution is 5.99. The molecule has 0 saturated carbocycles. The van der Waals surface area contributed by atoms with Crippen LogP contribution < -0.4 is 16.4 Å². The first kappa shape index (κ1) is 38.9. The Hall–Kier alpha value is -3.22. The van der Waals surface area contributed by atoms with Gasteiger partial charge in [-0.25, -0.2) is 0 Å². The fourth-order valence-electron chi connectivity index (χ4n) is 4.16. The zero-order valence-electron chi connectivity index (χ0n) is 26.7. The van der Waals surface area contributed by atoms with Crippen molar-refractivity contribution in [2.24, 2.45) is 5.73 Å². The summed E-state index contributed by atoms with van der Waals surface area (Å²) in [7, 11) is 0. The summed E-state index contributed by atoms with van der Waals surface area (Å²) in [5.41, 5.74) is 9.82. The van der Waals surface area contributed by atoms with E-state index in [2.05, 4.69) is 35.6 Å². The largest absolute Gasteiger partial charge is 0.348 e. The first-order valence-electron chi connectivity index (χ1n) is 14.9. The molecule has 1 heterocycles. The third-order valence-electron chi connectivity index (χ3n) is 5.92. The quantitative estimate of drug-likeness (QED) is 0.313. The highest BCUT2D eigenvalue weighted by atomic mass is 16.2. The van der Waals surface area contributed by atoms with E-state index in [1.807, 2.05) is 85.7 Å². The van der Waals surface area contributed by atoms with E-state index in [1.165, 1.54) is 0 Å². The number of benzene rings is 2. The van der Waals surface area contributed by atoms with Gasteiger partial charge in [-0.15, -0.1) is 0 Å². The van der Waals surface area contributed by atoms with E-state index in [0.29, 0.717) is 17.8 Å². The van der Waals surface area contributed by atoms with Gasteiger partial charge in [-0.3, -0.25) is 14.5 Å². The minimum atomic E-state index is -0.177. The number of anilines is 1. The van der Waals surface area contributed by atoms with Crippen LogP contribution in [0.15, 0.2) is 49.6 Å². The van der Waals surface area contributed by atoms with Crippen molar-refractivity contribution in [1.29, 1.82) is 0 Å². The Labute approximate surface area is 245 Å². The number of likely N-dealkylation sites (tertiary alicyclic amines) is 1. The molecule has 2 amide bonds. The highest BCUT2D eigenvalue weighted by Gasteiger charge is 2.29. The van der Waals surface area contributed by atoms with Crippen LogP contribution in [-0.4, -0.2) is 42.4 Å². The van der Waals surface area contributed by atoms with Crippen LogP contribution in [0, 0.1) is 6.92 Å². The van der Waals surface area contributed by atoms with E-state index < -0.39 is 0 Å². The van der Waals surface area contributed by atoms with Crippen molar-refractivity contribution in [1.82, 2.24) is 10.2 Å². The minimum Gasteiger partial charge on any atom is -0.348 e. The van der Waals surface area contributed by atoms with E-state index in [-0.39, 0.29) is 17.9 Å². The summed E-state index contributed by atoms with van der Waals surface area (Å²) < 4.78 is 0. The number of rotatable bonds is 8. The zero-order chi connectivity index (χ0) is 31.1. The van der Waals surface area contributed by atoms with Crippen molar-refractivity contribution in [3.63, 3.8) is 0 Å². The lowest BCUT2D eigenvalue weighted by molar-refractivity contribution is -0.120. The number of amides is 2. The van der Waals surface area contributed by atoms with Crippen LogP contribution in [0.2, 0.25) is 0 Å². The summed E-state index contributed by atoms with van der Waals surface area (Å²) in [5.74, 6) is -0.185. The normalized spacial score (nSPS) is 13.3. The van der Waals surface area contributed by atoms with Crippen molar-refractivity contribution in [3.05, 3.63) is 77.4 Å². The Morgan fingerprint density at radius 3 is 2.20 bits per heavy atom. The molecule has 6 nitrogen and oxygen atoms in total. The molecule has 1 atom stereocenters. The molecule has 3 rings (SSSR count). The molecule has 0 aliphatic carbocycles. The summed E-state index contributed by atoms with van der Waals surface area (Å²) in [6, 6.07) is 11.2. The maximum atomic E-state index is 12.9. The van der Waals surface area contributed by atoms with Gasteiger partial charge in [0.1, 0.15) is 0 Å². The number of nitrogens with two attached hydrogens (primary N) is 1. The Morgan fingerprint density at radius 2 is 1.65 bits per heavy atom. The molecular weight excluding hydrogens is 496 g/mol. The Kier molecular flexibility index (Phi) is 23.0. The van der Waals surface area contributed by atoms with Crippen LogP contribution in [0.25, 0.3) is 12.2 Å². The van der Waals surface area contributed by atoms with Crippen molar-refractivity contribution in [3.8, 4) is 0 Å². The van der Waals surface area contributed by atoms with Crippen LogP contribution in [0.1, 0.15) is 101 Å². The molecule has 1 saturated heterocycles. The average molecular weight is 553 g/mol. The van der Waals surface area contributed by atoms with Gasteiger partial charge in [0.25, 0.3) is 5.91 Å². The van der Waals surface area contributed by atoms with Gasteiger partial charge in [-0.1, -0.05) is 105 Å². The number of nitrogens with zero attached hydrogens (tertiary/aromatic N) is 1. The molecule has 0 aromatic heterocycles. The molecule has 2 aromatic carbocycles. The second-order valence-electron chi connectivity index (χ2n) is 8.22. The van der Waals surface area contributed by atoms with Crippen molar-refractivity contribution in [2.45, 2.75) is 87.7 Å². The topological polar surface area (TPSA) is 87.5 Å². The summed E-state index contributed by atoms with van der Waals surface area (Å²) in [4.78, 5) is 27.8. The van der Waals surface area contributed by atoms with E-state index >= 15 is 0 Å². The Bertz CT molecular complexity index is 1020. The van der Waals surface area contributed by atoms with E-state index in [1.54, 1.807) is 18.2 Å². The number of aryl methyl sites for hydroxylation is 1. The Morgan fingerprint density at radius 1 is 1.02 bits per heavy atom. The van der Waals surface area contributed by atoms with E-state index in [0.717, 1.165) is 54.7 Å². The minimum absolute atomic E-state index is 0.00794. The molecule has 2 aromatic rings. The Balaban J connectivity index is 0. The lowest BCUT2D eigenvalue weighted by atomic mass is 10.0. The molecule has 1 fully saturated rings. The fraction of sp³-hybridized carbons (Fsp3) is 0.471. The standard InChI is InChI=1S/C26H31N3O2.C2H7N.3C2H6/c1-5-19-10-8-11-20(22(19)6-2)17-27-25(30)23-16-21(14-13-18(23)4)28-26(31)24-12-9-15-29(24)7-3;1-2-3;3*1-2/h5-6,8,10-11,13-14,16,24H,1-2,7,9,12,15,17H2,3-4H3,(H,27,30)(H,28,31);2-3H2,1H3;3*1-2H3. The van der Waals surface area contributed by atoms with Gasteiger partial charge in [0, 0.05) is 17.8 Å². The summed E-state index contributed by atoms with van der Waals surface area (Å²) >= 11 is 0. The number of hydrogen-bond donors (Lipinski definition) is 3. The number of carbonyl (C=O) groups is 2. The monoisotopic (exact) mass is 552 g/mol. The maximum Gasteiger partial charge on any atom is 0.251 e. The first-order chi connectivity index (χ1) is 19.4. The van der Waals surface area contributed by atoms with Gasteiger partial charge in [0.2, 0.25) is 5.91 Å². The molecule has 1 unspecified atom stereocenters. The molecule has 40 heavy (non-hydrogen) atoms. The summed E-state index contributed by atoms with van der Waals surface area (Å²) in [6.07, 6.45) is 5.46. The number of hydrogen-bond acceptors (Lipinski definition) is 4. The van der Waals surface area contributed by atoms with Crippen LogP contribution >= 0.6 is 0 Å². The molecule has 224 valence electrons. The molecule has 6 heteroatoms. The lowest BCUT2D eigenvalue weighted by Crippen LogP contribution is -2.39.